The van der Waals surface area contributed by atoms with Gasteiger partial charge in [-0.3, -0.25) is 57.5 Å². The van der Waals surface area contributed by atoms with Crippen LogP contribution in [0.15, 0.2) is 12.1 Å². The fraction of sp³-hybridized carbons (Fsp3) is 0.804. The zero-order valence-electron chi connectivity index (χ0n) is 47.4. The molecule has 0 aliphatic carbocycles. The van der Waals surface area contributed by atoms with E-state index < -0.39 is 76.0 Å². The van der Waals surface area contributed by atoms with E-state index in [-0.39, 0.29) is 89.8 Å². The monoisotopic (exact) mass is 1130 g/mol. The second-order valence-corrected chi connectivity index (χ2v) is 22.1. The van der Waals surface area contributed by atoms with Crippen LogP contribution < -0.4 is 10.1 Å². The van der Waals surface area contributed by atoms with Gasteiger partial charge >= 0.3 is 37.7 Å². The van der Waals surface area contributed by atoms with Crippen molar-refractivity contribution < 1.29 is 76.8 Å². The highest BCUT2D eigenvalue weighted by molar-refractivity contribution is 7.47. The van der Waals surface area contributed by atoms with E-state index in [1.54, 1.807) is 26.8 Å². The highest BCUT2D eigenvalue weighted by atomic mass is 31.2. The Kier molecular flexibility index (Phi) is 39.9. The molecule has 2 heterocycles. The maximum absolute atomic E-state index is 12.9. The standard InChI is InChI=1S/C56H98N5O16P/c1-3-5-7-9-11-13-15-17-19-21-23-25-27-29-55(69)74-44-48(77-56(70)30-28-26-24-22-20-18-16-14-12-10-8-6-4-2)45-76-78(71,72)75-38-33-57-51(62)46-73-50-32-31-47-39-60(42-53(65)66)36-34-59(41-52(63)64)35-37-61(43-54(67)68)40-49(50)58-47/h31-32,48H,3-30,33-46H2,1-2H3,(H,57,62)(H,63,64)(H,65,66)(H,67,68)(H,71,72). The number of carboxylic acids is 3. The topological polar surface area (TPSA) is 281 Å². The molecule has 0 saturated heterocycles. The maximum Gasteiger partial charge on any atom is 0.472 e. The number of hydrogen-bond donors (Lipinski definition) is 5. The Morgan fingerprint density at radius 3 is 1.50 bits per heavy atom. The van der Waals surface area contributed by atoms with Crippen LogP contribution in [0.25, 0.3) is 0 Å². The molecule has 0 saturated carbocycles. The van der Waals surface area contributed by atoms with Gasteiger partial charge in [0.05, 0.1) is 44.2 Å². The number of aromatic nitrogens is 1. The molecule has 1 aromatic rings. The predicted octanol–water partition coefficient (Wildman–Crippen LogP) is 9.30. The van der Waals surface area contributed by atoms with Gasteiger partial charge in [0.15, 0.2) is 12.7 Å². The van der Waals surface area contributed by atoms with Crippen LogP contribution in [0.2, 0.25) is 0 Å². The molecular formula is C56H98N5O16P. The molecular weight excluding hydrogens is 1030 g/mol. The number of ether oxygens (including phenoxy) is 3. The largest absolute Gasteiger partial charge is 0.482 e. The van der Waals surface area contributed by atoms with Crippen molar-refractivity contribution in [2.45, 2.75) is 213 Å². The van der Waals surface area contributed by atoms with Gasteiger partial charge in [0.25, 0.3) is 5.91 Å². The van der Waals surface area contributed by atoms with Crippen LogP contribution in [0.5, 0.6) is 5.75 Å². The van der Waals surface area contributed by atoms with Crippen LogP contribution in [0.1, 0.15) is 205 Å². The number of carboxylic acid groups (broad SMARTS) is 3. The highest BCUT2D eigenvalue weighted by Crippen LogP contribution is 2.43. The first kappa shape index (κ1) is 69.9. The molecule has 0 fully saturated rings. The number of hydrogen-bond acceptors (Lipinski definition) is 16. The normalized spacial score (nSPS) is 14.9. The van der Waals surface area contributed by atoms with Crippen LogP contribution in [0.3, 0.4) is 0 Å². The van der Waals surface area contributed by atoms with Crippen LogP contribution in [-0.4, -0.2) is 161 Å². The minimum atomic E-state index is -4.76. The van der Waals surface area contributed by atoms with Crippen LogP contribution in [-0.2, 0) is 64.9 Å². The third kappa shape index (κ3) is 38.4. The first-order chi connectivity index (χ1) is 37.6. The number of nitrogens with zero attached hydrogens (tertiary/aromatic N) is 4. The summed E-state index contributed by atoms with van der Waals surface area (Å²) in [6.45, 7) is 1.88. The molecule has 0 spiro atoms. The molecule has 2 bridgehead atoms. The Hall–Kier alpha value is -4.24. The van der Waals surface area contributed by atoms with Gasteiger partial charge in [0, 0.05) is 58.7 Å². The van der Waals surface area contributed by atoms with Gasteiger partial charge in [-0.15, -0.1) is 0 Å². The number of pyridine rings is 1. The molecule has 1 amide bonds. The first-order valence-corrected chi connectivity index (χ1v) is 30.8. The van der Waals surface area contributed by atoms with Crippen molar-refractivity contribution in [2.24, 2.45) is 0 Å². The summed E-state index contributed by atoms with van der Waals surface area (Å²) in [5, 5.41) is 31.2. The number of nitrogens with one attached hydrogen (secondary N) is 1. The molecule has 22 heteroatoms. The van der Waals surface area contributed by atoms with Gasteiger partial charge < -0.3 is 39.7 Å². The predicted molar refractivity (Wildman–Crippen MR) is 296 cm³/mol. The van der Waals surface area contributed by atoms with E-state index in [9.17, 15) is 53.5 Å². The third-order valence-corrected chi connectivity index (χ3v) is 14.4. The number of phosphoric ester groups is 1. The molecule has 1 aromatic heterocycles. The fourth-order valence-electron chi connectivity index (χ4n) is 9.10. The van der Waals surface area contributed by atoms with Crippen molar-refractivity contribution >= 4 is 43.6 Å². The van der Waals surface area contributed by atoms with Gasteiger partial charge in [-0.1, -0.05) is 168 Å². The van der Waals surface area contributed by atoms with Crippen LogP contribution in [0.4, 0.5) is 0 Å². The Morgan fingerprint density at radius 1 is 0.577 bits per heavy atom. The van der Waals surface area contributed by atoms with Crippen molar-refractivity contribution in [1.82, 2.24) is 25.0 Å². The number of carbonyl (C=O) groups excluding carboxylic acids is 3. The molecule has 448 valence electrons. The van der Waals surface area contributed by atoms with Crippen molar-refractivity contribution in [3.05, 3.63) is 23.5 Å². The zero-order valence-corrected chi connectivity index (χ0v) is 48.2. The minimum Gasteiger partial charge on any atom is -0.482 e. The Balaban J connectivity index is 1.90. The van der Waals surface area contributed by atoms with E-state index in [1.165, 1.54) is 116 Å². The number of carbonyl (C=O) groups is 6. The summed E-state index contributed by atoms with van der Waals surface area (Å²) < 4.78 is 40.0. The molecule has 0 aromatic carbocycles. The van der Waals surface area contributed by atoms with Gasteiger partial charge in [-0.05, 0) is 25.0 Å². The first-order valence-electron chi connectivity index (χ1n) is 29.3. The average Bonchev–Trinajstić information content (AvgIpc) is 3.40. The average molecular weight is 1130 g/mol. The maximum atomic E-state index is 12.9. The van der Waals surface area contributed by atoms with Gasteiger partial charge in [0.2, 0.25) is 0 Å². The van der Waals surface area contributed by atoms with Crippen molar-refractivity contribution in [3.63, 3.8) is 0 Å². The third-order valence-electron chi connectivity index (χ3n) is 13.4. The van der Waals surface area contributed by atoms with Crippen molar-refractivity contribution in [3.8, 4) is 5.75 Å². The molecule has 2 rings (SSSR count). The lowest BCUT2D eigenvalue weighted by Gasteiger charge is -2.29. The number of esters is 2. The Bertz CT molecular complexity index is 1880. The van der Waals surface area contributed by atoms with E-state index in [0.29, 0.717) is 18.5 Å². The summed E-state index contributed by atoms with van der Waals surface area (Å²) in [7, 11) is -4.76. The Labute approximate surface area is 464 Å². The quantitative estimate of drug-likeness (QED) is 0.0231. The lowest BCUT2D eigenvalue weighted by Crippen LogP contribution is -2.44. The van der Waals surface area contributed by atoms with E-state index in [0.717, 1.165) is 38.5 Å². The number of rotatable bonds is 47. The molecule has 2 atom stereocenters. The SMILES string of the molecule is CCCCCCCCCCCCCCCC(=O)OCC(COP(=O)(O)OCCNC(=O)COc1ccc2nc1CN(CC(=O)O)CCN(CC(=O)O)CCN(CC(=O)O)C2)OC(=O)CCCCCCCCCCCCCCC. The summed E-state index contributed by atoms with van der Waals surface area (Å²) in [6, 6.07) is 3.12. The van der Waals surface area contributed by atoms with Crippen molar-refractivity contribution in [2.75, 3.05) is 78.8 Å². The molecule has 1 aliphatic heterocycles. The number of phosphoric acid groups is 1. The van der Waals surface area contributed by atoms with Gasteiger partial charge in [-0.25, -0.2) is 4.57 Å². The number of aliphatic carboxylic acids is 3. The number of fused-ring (bicyclic) bond motifs is 2. The molecule has 78 heavy (non-hydrogen) atoms. The second kappa shape index (κ2) is 44.5. The molecule has 21 nitrogen and oxygen atoms in total. The summed E-state index contributed by atoms with van der Waals surface area (Å²) >= 11 is 0. The van der Waals surface area contributed by atoms with Gasteiger partial charge in [0.1, 0.15) is 12.4 Å². The molecule has 1 aliphatic rings. The van der Waals surface area contributed by atoms with E-state index in [2.05, 4.69) is 24.1 Å². The summed E-state index contributed by atoms with van der Waals surface area (Å²) in [5.41, 5.74) is 0.698. The molecule has 0 radical (unpaired) electrons. The summed E-state index contributed by atoms with van der Waals surface area (Å²) in [5.74, 6) is -4.82. The van der Waals surface area contributed by atoms with Gasteiger partial charge in [-0.2, -0.15) is 0 Å². The lowest BCUT2D eigenvalue weighted by molar-refractivity contribution is -0.161. The second-order valence-electron chi connectivity index (χ2n) is 20.6. The molecule has 2 unspecified atom stereocenters. The van der Waals surface area contributed by atoms with Crippen molar-refractivity contribution in [1.29, 1.82) is 0 Å². The highest BCUT2D eigenvalue weighted by Gasteiger charge is 2.27. The number of unbranched alkanes of at least 4 members (excludes halogenated alkanes) is 24. The van der Waals surface area contributed by atoms with E-state index >= 15 is 0 Å². The minimum absolute atomic E-state index is 0.0575. The zero-order chi connectivity index (χ0) is 57.1. The summed E-state index contributed by atoms with van der Waals surface area (Å²) in [4.78, 5) is 93.5. The summed E-state index contributed by atoms with van der Waals surface area (Å²) in [6.07, 6.45) is 29.4. The van der Waals surface area contributed by atoms with Crippen LogP contribution >= 0.6 is 7.82 Å². The Morgan fingerprint density at radius 2 is 1.01 bits per heavy atom. The fourth-order valence-corrected chi connectivity index (χ4v) is 9.85. The lowest BCUT2D eigenvalue weighted by atomic mass is 10.0. The van der Waals surface area contributed by atoms with E-state index in [1.807, 2.05) is 0 Å². The molecule has 5 N–H and O–H groups in total. The number of amides is 1. The van der Waals surface area contributed by atoms with E-state index in [4.69, 9.17) is 23.3 Å². The van der Waals surface area contributed by atoms with Crippen LogP contribution in [0, 0.1) is 0 Å². The smallest absolute Gasteiger partial charge is 0.472 e.